The zero-order valence-electron chi connectivity index (χ0n) is 14.0. The molecule has 1 saturated heterocycles. The smallest absolute Gasteiger partial charge is 0.404 e. The lowest BCUT2D eigenvalue weighted by molar-refractivity contribution is -0.126. The van der Waals surface area contributed by atoms with Gasteiger partial charge in [-0.1, -0.05) is 0 Å². The summed E-state index contributed by atoms with van der Waals surface area (Å²) in [5.74, 6) is -0.786. The summed E-state index contributed by atoms with van der Waals surface area (Å²) in [6, 6.07) is 4.02. The zero-order valence-corrected chi connectivity index (χ0v) is 14.0. The van der Waals surface area contributed by atoms with Gasteiger partial charge in [-0.05, 0) is 18.2 Å². The number of nitrogens with one attached hydrogen (secondary N) is 2. The summed E-state index contributed by atoms with van der Waals surface area (Å²) >= 11 is 0. The average Bonchev–Trinajstić information content (AvgIpc) is 2.59. The monoisotopic (exact) mass is 362 g/mol. The fraction of sp³-hybridized carbons (Fsp3) is 0.412. The maximum atomic E-state index is 13.2. The Hall–Kier alpha value is -2.81. The molecule has 8 nitrogen and oxygen atoms in total. The molecule has 1 aromatic heterocycles. The van der Waals surface area contributed by atoms with Crippen molar-refractivity contribution in [2.24, 2.45) is 5.92 Å². The van der Waals surface area contributed by atoms with Crippen molar-refractivity contribution in [2.75, 3.05) is 26.2 Å². The van der Waals surface area contributed by atoms with Crippen molar-refractivity contribution in [1.29, 1.82) is 0 Å². The zero-order chi connectivity index (χ0) is 18.7. The molecule has 0 radical (unpaired) electrons. The minimum absolute atomic E-state index is 0.0405. The van der Waals surface area contributed by atoms with Crippen molar-refractivity contribution < 1.29 is 19.1 Å². The molecular weight excluding hydrogens is 343 g/mol. The minimum Gasteiger partial charge on any atom is -0.465 e. The molecule has 3 rings (SSSR count). The Kier molecular flexibility index (Phi) is 5.27. The van der Waals surface area contributed by atoms with E-state index in [9.17, 15) is 18.8 Å². The van der Waals surface area contributed by atoms with Gasteiger partial charge in [0.25, 0.3) is 5.56 Å². The Morgan fingerprint density at radius 3 is 3.00 bits per heavy atom. The largest absolute Gasteiger partial charge is 0.465 e. The summed E-state index contributed by atoms with van der Waals surface area (Å²) in [4.78, 5) is 43.6. The Bertz CT molecular complexity index is 898. The third-order valence-electron chi connectivity index (χ3n) is 4.50. The predicted octanol–water partition coefficient (Wildman–Crippen LogP) is 0.763. The van der Waals surface area contributed by atoms with E-state index < -0.39 is 11.9 Å². The highest BCUT2D eigenvalue weighted by Crippen LogP contribution is 2.14. The first-order valence-electron chi connectivity index (χ1n) is 8.32. The summed E-state index contributed by atoms with van der Waals surface area (Å²) < 4.78 is 13.2. The first-order chi connectivity index (χ1) is 12.4. The predicted molar refractivity (Wildman–Crippen MR) is 91.6 cm³/mol. The number of fused-ring (bicyclic) bond motifs is 1. The molecule has 26 heavy (non-hydrogen) atoms. The molecule has 2 aromatic rings. The minimum atomic E-state index is -1.15. The summed E-state index contributed by atoms with van der Waals surface area (Å²) in [5, 5.41) is 10.9. The molecule has 1 amide bonds. The van der Waals surface area contributed by atoms with Crippen LogP contribution >= 0.6 is 0 Å². The molecule has 1 aliphatic heterocycles. The standard InChI is InChI=1S/C17H19FN4O4/c18-11-1-2-12-14(7-11)21-16(24)13(20-12)3-5-22-6-4-15(23)10(9-22)8-19-17(25)26/h1-2,7,10,19H,3-6,8-9H2,(H,21,24)(H,25,26). The lowest BCUT2D eigenvalue weighted by Gasteiger charge is -2.31. The van der Waals surface area contributed by atoms with Crippen molar-refractivity contribution in [3.8, 4) is 0 Å². The second-order valence-corrected chi connectivity index (χ2v) is 6.32. The van der Waals surface area contributed by atoms with Crippen LogP contribution < -0.4 is 10.9 Å². The van der Waals surface area contributed by atoms with Gasteiger partial charge in [-0.3, -0.25) is 9.59 Å². The van der Waals surface area contributed by atoms with Crippen LogP contribution in [0.5, 0.6) is 0 Å². The molecule has 1 atom stereocenters. The summed E-state index contributed by atoms with van der Waals surface area (Å²) in [6.07, 6.45) is -0.416. The quantitative estimate of drug-likeness (QED) is 0.723. The molecule has 0 aliphatic carbocycles. The number of carboxylic acid groups (broad SMARTS) is 1. The van der Waals surface area contributed by atoms with Crippen LogP contribution in [0.2, 0.25) is 0 Å². The lowest BCUT2D eigenvalue weighted by Crippen LogP contribution is -2.46. The van der Waals surface area contributed by atoms with Gasteiger partial charge in [-0.2, -0.15) is 0 Å². The summed E-state index contributed by atoms with van der Waals surface area (Å²) in [5.41, 5.74) is 0.849. The number of piperidine rings is 1. The molecule has 0 saturated carbocycles. The second-order valence-electron chi connectivity index (χ2n) is 6.32. The molecule has 0 spiro atoms. The van der Waals surface area contributed by atoms with Crippen molar-refractivity contribution >= 4 is 22.9 Å². The first-order valence-corrected chi connectivity index (χ1v) is 8.32. The summed E-state index contributed by atoms with van der Waals surface area (Å²) in [7, 11) is 0. The van der Waals surface area contributed by atoms with Gasteiger partial charge in [0.05, 0.1) is 11.0 Å². The van der Waals surface area contributed by atoms with Crippen LogP contribution in [0.25, 0.3) is 11.0 Å². The van der Waals surface area contributed by atoms with Gasteiger partial charge in [0.1, 0.15) is 17.3 Å². The van der Waals surface area contributed by atoms with Gasteiger partial charge in [0.2, 0.25) is 0 Å². The van der Waals surface area contributed by atoms with Gasteiger partial charge < -0.3 is 20.3 Å². The number of Topliss-reactive ketones (excluding diaryl/α,β-unsaturated/α-hetero) is 1. The number of halogens is 1. The SMILES string of the molecule is O=C(O)NCC1CN(CCc2nc3ccc(F)cc3[nH]c2=O)CCC1=O. The number of nitrogens with zero attached hydrogens (tertiary/aromatic N) is 2. The van der Waals surface area contributed by atoms with Crippen molar-refractivity contribution in [3.63, 3.8) is 0 Å². The highest BCUT2D eigenvalue weighted by Gasteiger charge is 2.27. The van der Waals surface area contributed by atoms with Crippen molar-refractivity contribution in [3.05, 3.63) is 40.1 Å². The normalized spacial score (nSPS) is 18.2. The Morgan fingerprint density at radius 2 is 2.23 bits per heavy atom. The number of carbonyl (C=O) groups excluding carboxylic acids is 1. The van der Waals surface area contributed by atoms with Gasteiger partial charge in [-0.15, -0.1) is 0 Å². The molecule has 1 fully saturated rings. The van der Waals surface area contributed by atoms with Crippen LogP contribution in [0.3, 0.4) is 0 Å². The fourth-order valence-corrected chi connectivity index (χ4v) is 3.10. The highest BCUT2D eigenvalue weighted by molar-refractivity contribution is 5.82. The van der Waals surface area contributed by atoms with E-state index in [2.05, 4.69) is 15.3 Å². The molecule has 9 heteroatoms. The fourth-order valence-electron chi connectivity index (χ4n) is 3.10. The van der Waals surface area contributed by atoms with Crippen molar-refractivity contribution in [1.82, 2.24) is 20.2 Å². The molecule has 2 heterocycles. The average molecular weight is 362 g/mol. The van der Waals surface area contributed by atoms with E-state index >= 15 is 0 Å². The van der Waals surface area contributed by atoms with Crippen molar-refractivity contribution in [2.45, 2.75) is 12.8 Å². The number of benzene rings is 1. The molecule has 138 valence electrons. The van der Waals surface area contributed by atoms with E-state index in [1.807, 2.05) is 4.90 Å². The number of likely N-dealkylation sites (tertiary alicyclic amines) is 1. The van der Waals surface area contributed by atoms with Crippen LogP contribution in [-0.4, -0.2) is 58.0 Å². The highest BCUT2D eigenvalue weighted by atomic mass is 19.1. The topological polar surface area (TPSA) is 115 Å². The van der Waals surface area contributed by atoms with E-state index in [0.29, 0.717) is 49.2 Å². The third-order valence-corrected chi connectivity index (χ3v) is 4.50. The molecule has 3 N–H and O–H groups in total. The lowest BCUT2D eigenvalue weighted by atomic mass is 9.96. The maximum Gasteiger partial charge on any atom is 0.404 e. The van der Waals surface area contributed by atoms with E-state index in [1.54, 1.807) is 0 Å². The van der Waals surface area contributed by atoms with Gasteiger partial charge in [-0.25, -0.2) is 14.2 Å². The van der Waals surface area contributed by atoms with Crippen LogP contribution in [0.1, 0.15) is 12.1 Å². The van der Waals surface area contributed by atoms with E-state index in [1.165, 1.54) is 18.2 Å². The number of amides is 1. The molecular formula is C17H19FN4O4. The Balaban J connectivity index is 1.65. The second kappa shape index (κ2) is 7.61. The Labute approximate surface area is 148 Å². The van der Waals surface area contributed by atoms with E-state index in [-0.39, 0.29) is 23.8 Å². The molecule has 1 aliphatic rings. The third kappa shape index (κ3) is 4.23. The van der Waals surface area contributed by atoms with Crippen LogP contribution in [0.4, 0.5) is 9.18 Å². The van der Waals surface area contributed by atoms with E-state index in [0.717, 1.165) is 0 Å². The number of ketones is 1. The van der Waals surface area contributed by atoms with Gasteiger partial charge in [0.15, 0.2) is 0 Å². The van der Waals surface area contributed by atoms with Gasteiger partial charge in [0, 0.05) is 44.9 Å². The molecule has 1 aromatic carbocycles. The van der Waals surface area contributed by atoms with E-state index in [4.69, 9.17) is 5.11 Å². The van der Waals surface area contributed by atoms with Gasteiger partial charge >= 0.3 is 6.09 Å². The number of aromatic amines is 1. The van der Waals surface area contributed by atoms with Crippen LogP contribution in [-0.2, 0) is 11.2 Å². The molecule has 0 bridgehead atoms. The van der Waals surface area contributed by atoms with Crippen LogP contribution in [0.15, 0.2) is 23.0 Å². The Morgan fingerprint density at radius 1 is 1.42 bits per heavy atom. The summed E-state index contributed by atoms with van der Waals surface area (Å²) in [6.45, 7) is 1.62. The number of hydrogen-bond donors (Lipinski definition) is 3. The number of H-pyrrole nitrogens is 1. The number of carbonyl (C=O) groups is 2. The first kappa shape index (κ1) is 18.0. The number of aromatic nitrogens is 2. The van der Waals surface area contributed by atoms with Crippen LogP contribution in [0, 0.1) is 11.7 Å². The number of hydrogen-bond acceptors (Lipinski definition) is 5. The maximum absolute atomic E-state index is 13.2. The number of rotatable bonds is 5. The molecule has 1 unspecified atom stereocenters.